The summed E-state index contributed by atoms with van der Waals surface area (Å²) < 4.78 is 116. The monoisotopic (exact) mass is 1790 g/mol. The number of amides is 3. The Morgan fingerprint density at radius 3 is 1.12 bits per heavy atom. The van der Waals surface area contributed by atoms with E-state index in [1.807, 2.05) is 0 Å². The van der Waals surface area contributed by atoms with Crippen LogP contribution in [0, 0.1) is 0 Å². The highest BCUT2D eigenvalue weighted by molar-refractivity contribution is 5.77. The van der Waals surface area contributed by atoms with Crippen LogP contribution >= 0.6 is 0 Å². The number of nitrogens with one attached hydrogen (secondary N) is 3. The van der Waals surface area contributed by atoms with Crippen molar-refractivity contribution in [3.8, 4) is 0 Å². The third-order valence-electron chi connectivity index (χ3n) is 22.9. The SMILES string of the molecule is CC(=O)N[C@@H]1[C@@H](O[C@@H]2O[C@H](CO[C@@H]3O[C@H](CO)[C@@H](O[C@@H]4O[C@H](CO)[C@H](O)[C@H](O)[C@H]4O[C@@H]4O[C@@H](C)[C@@H](O)[C@@H](O)[C@@H]4O)[C@H](O[C@@H]4O[C@@H](C)[C@@H](O)[C@@H](O)[C@@H]4O)[C@H]3NC(C)=O)[C@H](O)[C@H](O[C@@H]3O[C@H](CO)[C@H](O)[C@H](O)[C@H]3O[C@@H]3O[C@@H](C)[C@@H](O)[C@@H](O)[C@@H]3O)[C@H]2O[C@@H]2O[C@@H](C)[C@@H](O)[C@@H](O)[C@@H]2O)[C@@H](O)[C@@H](CO[C@]2(C(=O)O)C[C@H](O)[C@@H](NC(C)=O)[C@H]([C@H](O)[C@H](O)CO)O2)O[C@@H]1O. The summed E-state index contributed by atoms with van der Waals surface area (Å²) in [5.74, 6) is -8.31. The Balaban J connectivity index is 1.08. The third-order valence-corrected chi connectivity index (χ3v) is 22.9. The minimum atomic E-state index is -3.22. The molecule has 10 aliphatic rings. The molecule has 10 rings (SSSR count). The summed E-state index contributed by atoms with van der Waals surface area (Å²) in [6.45, 7) is 0.101. The van der Waals surface area contributed by atoms with Gasteiger partial charge in [-0.1, -0.05) is 0 Å². The topological polar surface area (TPSA) is 826 Å². The van der Waals surface area contributed by atoms with E-state index in [1.165, 1.54) is 20.8 Å². The van der Waals surface area contributed by atoms with E-state index in [-0.39, 0.29) is 0 Å². The van der Waals surface area contributed by atoms with Gasteiger partial charge in [0, 0.05) is 27.2 Å². The van der Waals surface area contributed by atoms with Crippen LogP contribution in [0.3, 0.4) is 0 Å². The van der Waals surface area contributed by atoms with Gasteiger partial charge in [0.25, 0.3) is 5.79 Å². The van der Waals surface area contributed by atoms with Crippen LogP contribution < -0.4 is 16.0 Å². The van der Waals surface area contributed by atoms with Crippen LogP contribution in [0.4, 0.5) is 0 Å². The van der Waals surface area contributed by atoms with Gasteiger partial charge in [-0.15, -0.1) is 0 Å². The largest absolute Gasteiger partial charge is 0.477 e. The van der Waals surface area contributed by atoms with Crippen LogP contribution in [-0.4, -0.2) is 514 Å². The highest BCUT2D eigenvalue weighted by atomic mass is 16.8. The zero-order chi connectivity index (χ0) is 90.2. The van der Waals surface area contributed by atoms with Crippen LogP contribution in [0.2, 0.25) is 0 Å². The number of carboxylic acid groups (broad SMARTS) is 1. The molecular weight excluding hydrogens is 1670 g/mol. The molecule has 53 nitrogen and oxygen atoms in total. The van der Waals surface area contributed by atoms with Crippen LogP contribution in [0.25, 0.3) is 0 Å². The maximum absolute atomic E-state index is 13.8. The van der Waals surface area contributed by atoms with Crippen LogP contribution in [-0.2, 0) is 109 Å². The summed E-state index contributed by atoms with van der Waals surface area (Å²) in [6, 6.07) is -5.97. The van der Waals surface area contributed by atoms with Crippen molar-refractivity contribution in [2.24, 2.45) is 0 Å². The molecule has 10 saturated heterocycles. The van der Waals surface area contributed by atoms with Crippen LogP contribution in [0.15, 0.2) is 0 Å². The second-order valence-corrected chi connectivity index (χ2v) is 31.6. The van der Waals surface area contributed by atoms with Gasteiger partial charge in [0.05, 0.1) is 76.2 Å². The van der Waals surface area contributed by atoms with Crippen molar-refractivity contribution >= 4 is 23.7 Å². The highest BCUT2D eigenvalue weighted by Gasteiger charge is 2.63. The first-order chi connectivity index (χ1) is 57.3. The molecule has 0 saturated carbocycles. The predicted octanol–water partition coefficient (Wildman–Crippen LogP) is -19.1. The second kappa shape index (κ2) is 42.3. The molecule has 0 spiro atoms. The smallest absolute Gasteiger partial charge is 0.364 e. The van der Waals surface area contributed by atoms with Crippen molar-refractivity contribution in [3.63, 3.8) is 0 Å². The summed E-state index contributed by atoms with van der Waals surface area (Å²) in [6.07, 6.45) is -102. The maximum atomic E-state index is 13.8. The van der Waals surface area contributed by atoms with Crippen LogP contribution in [0.5, 0.6) is 0 Å². The van der Waals surface area contributed by atoms with Crippen molar-refractivity contribution in [1.29, 1.82) is 0 Å². The number of rotatable bonds is 30. The van der Waals surface area contributed by atoms with Crippen molar-refractivity contribution in [2.45, 2.75) is 367 Å². The summed E-state index contributed by atoms with van der Waals surface area (Å²) in [5.41, 5.74) is 0. The molecule has 51 atom stereocenters. The number of aliphatic hydroxyl groups is 26. The molecule has 53 heteroatoms. The number of hydrogen-bond donors (Lipinski definition) is 30. The molecule has 0 aromatic carbocycles. The molecular formula is C69H115N3O50. The Kier molecular flexibility index (Phi) is 34.8. The van der Waals surface area contributed by atoms with Gasteiger partial charge in [-0.3, -0.25) is 14.4 Å². The fourth-order valence-electron chi connectivity index (χ4n) is 15.9. The lowest BCUT2D eigenvalue weighted by Crippen LogP contribution is -2.71. The quantitative estimate of drug-likeness (QED) is 0.0318. The van der Waals surface area contributed by atoms with Crippen molar-refractivity contribution in [1.82, 2.24) is 16.0 Å². The standard InChI is InChI=1S/C69H115N3O50/c1-15-32(82)41(91)47(97)61(106-15)117-54-31(72-21(7)79)60(113-26(12-76)51(54)115-65-56(45(95)37(87)24(10-74)111-65)119-62-48(98)42(92)33(83)16(2)107-62)104-13-27-40(90)55(118-66-57(46(96)38(88)25(11-75)112-66)120-63-49(99)43(93)34(84)17(3)108-63)58(121-64-50(100)44(94)35(85)18(4)109-64)67(114-27)116-52-30(71-20(6)78)59(101)110-28(39(52)89)14-105-69(68(102)103)8-22(80)29(70-19(5)77)53(122-69)36(86)23(81)9-73/h15-18,22-67,73-76,80-101H,8-14H2,1-7H3,(H,70,77)(H,71,78)(H,72,79)(H,102,103)/t15-,16-,17-,18-,22-,23+,24+,25+,26+,27+,28+,29+,30+,31+,32+,33+,34+,35+,36+,37-,38-,39-,40-,41+,42+,43+,44+,45-,46-,47-,48-,49-,50-,51+,52+,53+,54+,55-,56+,57+,58+,59-,60+,61-,62-,63-,64-,65-,66-,67-,69+/m0/s1. The minimum absolute atomic E-state index is 0.872. The van der Waals surface area contributed by atoms with Gasteiger partial charge in [-0.05, 0) is 27.7 Å². The molecule has 706 valence electrons. The van der Waals surface area contributed by atoms with E-state index in [0.717, 1.165) is 27.7 Å². The van der Waals surface area contributed by atoms with Crippen molar-refractivity contribution < 1.29 is 247 Å². The molecule has 0 aliphatic carbocycles. The fourth-order valence-corrected chi connectivity index (χ4v) is 15.9. The molecule has 0 aromatic rings. The highest BCUT2D eigenvalue weighted by Crippen LogP contribution is 2.43. The summed E-state index contributed by atoms with van der Waals surface area (Å²) in [7, 11) is 0. The molecule has 0 unspecified atom stereocenters. The number of ether oxygens (including phenoxy) is 19. The third kappa shape index (κ3) is 21.6. The lowest BCUT2D eigenvalue weighted by molar-refractivity contribution is -0.413. The molecule has 10 heterocycles. The Bertz CT molecular complexity index is 3340. The van der Waals surface area contributed by atoms with Gasteiger partial charge in [-0.25, -0.2) is 4.79 Å². The number of carbonyl (C=O) groups excluding carboxylic acids is 3. The normalized spacial score (nSPS) is 50.3. The Labute approximate surface area is 691 Å². The van der Waals surface area contributed by atoms with E-state index in [4.69, 9.17) is 90.0 Å². The van der Waals surface area contributed by atoms with E-state index in [0.29, 0.717) is 0 Å². The molecule has 0 bridgehead atoms. The zero-order valence-corrected chi connectivity index (χ0v) is 66.3. The van der Waals surface area contributed by atoms with Gasteiger partial charge < -0.3 is 244 Å². The maximum Gasteiger partial charge on any atom is 0.364 e. The molecule has 0 aromatic heterocycles. The molecule has 10 fully saturated rings. The van der Waals surface area contributed by atoms with Gasteiger partial charge >= 0.3 is 5.97 Å². The Hall–Kier alpha value is -3.92. The first-order valence-corrected chi connectivity index (χ1v) is 39.2. The number of carbonyl (C=O) groups is 4. The van der Waals surface area contributed by atoms with Crippen molar-refractivity contribution in [2.75, 3.05) is 39.6 Å². The summed E-state index contributed by atoms with van der Waals surface area (Å²) >= 11 is 0. The van der Waals surface area contributed by atoms with E-state index in [2.05, 4.69) is 16.0 Å². The Morgan fingerprint density at radius 1 is 0.352 bits per heavy atom. The van der Waals surface area contributed by atoms with Gasteiger partial charge in [-0.2, -0.15) is 0 Å². The van der Waals surface area contributed by atoms with E-state index >= 15 is 0 Å². The average Bonchev–Trinajstić information content (AvgIpc) is 0.761. The number of carboxylic acids is 1. The second-order valence-electron chi connectivity index (χ2n) is 31.6. The number of aliphatic hydroxyl groups excluding tert-OH is 26. The minimum Gasteiger partial charge on any atom is -0.477 e. The molecule has 0 radical (unpaired) electrons. The van der Waals surface area contributed by atoms with Gasteiger partial charge in [0.2, 0.25) is 17.7 Å². The van der Waals surface area contributed by atoms with Gasteiger partial charge in [0.1, 0.15) is 214 Å². The Morgan fingerprint density at radius 2 is 0.705 bits per heavy atom. The zero-order valence-electron chi connectivity index (χ0n) is 66.3. The van der Waals surface area contributed by atoms with E-state index in [9.17, 15) is 157 Å². The summed E-state index contributed by atoms with van der Waals surface area (Å²) in [5, 5.41) is 311. The fraction of sp³-hybridized carbons (Fsp3) is 0.942. The lowest BCUT2D eigenvalue weighted by atomic mass is 9.88. The molecule has 10 aliphatic heterocycles. The van der Waals surface area contributed by atoms with E-state index in [1.54, 1.807) is 0 Å². The number of hydrogen-bond acceptors (Lipinski definition) is 49. The first kappa shape index (κ1) is 100. The number of aliphatic carboxylic acids is 1. The predicted molar refractivity (Wildman–Crippen MR) is 376 cm³/mol. The van der Waals surface area contributed by atoms with E-state index < -0.39 is 382 Å². The first-order valence-electron chi connectivity index (χ1n) is 39.2. The lowest BCUT2D eigenvalue weighted by Gasteiger charge is -2.52. The molecule has 122 heavy (non-hydrogen) atoms. The molecule has 30 N–H and O–H groups in total. The average molecular weight is 1790 g/mol. The summed E-state index contributed by atoms with van der Waals surface area (Å²) in [4.78, 5) is 52.9. The molecule has 3 amide bonds. The van der Waals surface area contributed by atoms with Crippen molar-refractivity contribution in [3.05, 3.63) is 0 Å². The van der Waals surface area contributed by atoms with Gasteiger partial charge in [0.15, 0.2) is 56.6 Å². The van der Waals surface area contributed by atoms with Crippen LogP contribution in [0.1, 0.15) is 54.9 Å².